The summed E-state index contributed by atoms with van der Waals surface area (Å²) in [6.45, 7) is 8.97. The van der Waals surface area contributed by atoms with Gasteiger partial charge in [0.1, 0.15) is 5.69 Å². The number of hydrogen-bond acceptors (Lipinski definition) is 4. The second kappa shape index (κ2) is 9.71. The zero-order valence-corrected chi connectivity index (χ0v) is 18.2. The molecule has 31 heavy (non-hydrogen) atoms. The van der Waals surface area contributed by atoms with Crippen molar-refractivity contribution in [2.24, 2.45) is 5.92 Å². The first-order valence-corrected chi connectivity index (χ1v) is 10.8. The van der Waals surface area contributed by atoms with Gasteiger partial charge in [-0.2, -0.15) is 5.10 Å². The van der Waals surface area contributed by atoms with Crippen LogP contribution in [-0.4, -0.2) is 63.2 Å². The number of para-hydroxylation sites is 1. The largest absolute Gasteiger partial charge is 0.337 e. The molecule has 1 aliphatic rings. The summed E-state index contributed by atoms with van der Waals surface area (Å²) in [5.41, 5.74) is 3.60. The van der Waals surface area contributed by atoms with Gasteiger partial charge in [-0.15, -0.1) is 0 Å². The lowest BCUT2D eigenvalue weighted by atomic mass is 10.1. The molecule has 1 aromatic carbocycles. The normalized spacial score (nSPS) is 15.1. The fraction of sp³-hybridized carbons (Fsp3) is 0.320. The Balaban J connectivity index is 1.53. The molecule has 0 bridgehead atoms. The van der Waals surface area contributed by atoms with Crippen molar-refractivity contribution >= 4 is 12.0 Å². The standard InChI is InChI=1S/C25H29N5O/c1-20(2)18-28-13-15-29(16-14-28)24(31)11-10-22-19-30(23-8-4-3-5-9-23)27-25(22)21-7-6-12-26-17-21/h3-12,17,19-20H,13-16,18H2,1-2H3/b11-10+. The van der Waals surface area contributed by atoms with Gasteiger partial charge in [0.05, 0.1) is 5.69 Å². The lowest BCUT2D eigenvalue weighted by molar-refractivity contribution is -0.127. The molecule has 3 heterocycles. The molecule has 0 unspecified atom stereocenters. The zero-order chi connectivity index (χ0) is 21.6. The predicted octanol–water partition coefficient (Wildman–Crippen LogP) is 3.75. The highest BCUT2D eigenvalue weighted by Gasteiger charge is 2.20. The Bertz CT molecular complexity index is 1020. The summed E-state index contributed by atoms with van der Waals surface area (Å²) >= 11 is 0. The summed E-state index contributed by atoms with van der Waals surface area (Å²) in [6, 6.07) is 13.8. The highest BCUT2D eigenvalue weighted by atomic mass is 16.2. The zero-order valence-electron chi connectivity index (χ0n) is 18.2. The van der Waals surface area contributed by atoms with Gasteiger partial charge in [-0.05, 0) is 36.3 Å². The average Bonchev–Trinajstić information content (AvgIpc) is 3.23. The lowest BCUT2D eigenvalue weighted by Crippen LogP contribution is -2.49. The first kappa shape index (κ1) is 21.0. The topological polar surface area (TPSA) is 54.3 Å². The van der Waals surface area contributed by atoms with Gasteiger partial charge in [-0.3, -0.25) is 14.7 Å². The van der Waals surface area contributed by atoms with Crippen molar-refractivity contribution in [1.29, 1.82) is 0 Å². The van der Waals surface area contributed by atoms with Gasteiger partial charge in [-0.1, -0.05) is 32.0 Å². The fourth-order valence-corrected chi connectivity index (χ4v) is 3.88. The third-order valence-corrected chi connectivity index (χ3v) is 5.41. The number of hydrogen-bond donors (Lipinski definition) is 0. The van der Waals surface area contributed by atoms with E-state index >= 15 is 0 Å². The van der Waals surface area contributed by atoms with Crippen LogP contribution in [0.1, 0.15) is 19.4 Å². The quantitative estimate of drug-likeness (QED) is 0.576. The van der Waals surface area contributed by atoms with Gasteiger partial charge in [0.15, 0.2) is 0 Å². The molecule has 160 valence electrons. The van der Waals surface area contributed by atoms with Crippen LogP contribution < -0.4 is 0 Å². The summed E-state index contributed by atoms with van der Waals surface area (Å²) in [5, 5.41) is 4.77. The van der Waals surface area contributed by atoms with E-state index in [2.05, 4.69) is 23.7 Å². The third kappa shape index (κ3) is 5.27. The predicted molar refractivity (Wildman–Crippen MR) is 124 cm³/mol. The van der Waals surface area contributed by atoms with Gasteiger partial charge in [0.2, 0.25) is 5.91 Å². The van der Waals surface area contributed by atoms with Crippen LogP contribution in [0.4, 0.5) is 0 Å². The maximum Gasteiger partial charge on any atom is 0.246 e. The molecule has 1 fully saturated rings. The van der Waals surface area contributed by atoms with E-state index in [1.165, 1.54) is 0 Å². The van der Waals surface area contributed by atoms with Crippen LogP contribution in [0.2, 0.25) is 0 Å². The minimum Gasteiger partial charge on any atom is -0.337 e. The van der Waals surface area contributed by atoms with Crippen LogP contribution in [0.5, 0.6) is 0 Å². The Morgan fingerprint density at radius 1 is 1.06 bits per heavy atom. The van der Waals surface area contributed by atoms with Crippen LogP contribution in [0, 0.1) is 5.92 Å². The average molecular weight is 416 g/mol. The maximum atomic E-state index is 12.8. The summed E-state index contributed by atoms with van der Waals surface area (Å²) in [7, 11) is 0. The fourth-order valence-electron chi connectivity index (χ4n) is 3.88. The van der Waals surface area contributed by atoms with Crippen molar-refractivity contribution in [3.8, 4) is 16.9 Å². The molecule has 3 aromatic rings. The molecule has 0 radical (unpaired) electrons. The van der Waals surface area contributed by atoms with E-state index in [0.29, 0.717) is 5.92 Å². The Morgan fingerprint density at radius 3 is 2.52 bits per heavy atom. The maximum absolute atomic E-state index is 12.8. The molecular formula is C25H29N5O. The monoisotopic (exact) mass is 415 g/mol. The van der Waals surface area contributed by atoms with Crippen molar-refractivity contribution < 1.29 is 4.79 Å². The molecule has 1 saturated heterocycles. The van der Waals surface area contributed by atoms with Gasteiger partial charge in [0.25, 0.3) is 0 Å². The molecule has 0 spiro atoms. The summed E-state index contributed by atoms with van der Waals surface area (Å²) in [4.78, 5) is 21.4. The summed E-state index contributed by atoms with van der Waals surface area (Å²) in [5.74, 6) is 0.697. The Kier molecular flexibility index (Phi) is 6.57. The molecule has 1 aliphatic heterocycles. The Morgan fingerprint density at radius 2 is 1.84 bits per heavy atom. The second-order valence-corrected chi connectivity index (χ2v) is 8.31. The van der Waals surface area contributed by atoms with Gasteiger partial charge in [-0.25, -0.2) is 4.68 Å². The minimum atomic E-state index is 0.0498. The number of piperazine rings is 1. The smallest absolute Gasteiger partial charge is 0.246 e. The SMILES string of the molecule is CC(C)CN1CCN(C(=O)/C=C/c2cn(-c3ccccc3)nc2-c2cccnc2)CC1. The Hall–Kier alpha value is -3.25. The van der Waals surface area contributed by atoms with E-state index in [-0.39, 0.29) is 5.91 Å². The van der Waals surface area contributed by atoms with Crippen LogP contribution >= 0.6 is 0 Å². The van der Waals surface area contributed by atoms with Gasteiger partial charge in [0, 0.05) is 68.5 Å². The number of aromatic nitrogens is 3. The van der Waals surface area contributed by atoms with Crippen molar-refractivity contribution in [1.82, 2.24) is 24.6 Å². The number of benzene rings is 1. The van der Waals surface area contributed by atoms with Crippen molar-refractivity contribution in [3.05, 3.63) is 72.7 Å². The number of rotatable bonds is 6. The van der Waals surface area contributed by atoms with Gasteiger partial charge >= 0.3 is 0 Å². The Labute approximate surface area is 183 Å². The summed E-state index contributed by atoms with van der Waals surface area (Å²) in [6.07, 6.45) is 9.05. The van der Waals surface area contributed by atoms with Crippen molar-refractivity contribution in [2.45, 2.75) is 13.8 Å². The third-order valence-electron chi connectivity index (χ3n) is 5.41. The highest BCUT2D eigenvalue weighted by Crippen LogP contribution is 2.24. The number of carbonyl (C=O) groups is 1. The highest BCUT2D eigenvalue weighted by molar-refractivity contribution is 5.93. The molecule has 1 amide bonds. The van der Waals surface area contributed by atoms with Crippen LogP contribution in [0.25, 0.3) is 23.0 Å². The number of nitrogens with zero attached hydrogens (tertiary/aromatic N) is 5. The van der Waals surface area contributed by atoms with E-state index in [4.69, 9.17) is 5.10 Å². The molecule has 0 atom stereocenters. The van der Waals surface area contributed by atoms with Crippen LogP contribution in [0.3, 0.4) is 0 Å². The number of carbonyl (C=O) groups excluding carboxylic acids is 1. The van der Waals surface area contributed by atoms with E-state index in [0.717, 1.165) is 55.2 Å². The number of amides is 1. The van der Waals surface area contributed by atoms with E-state index in [1.807, 2.05) is 64.3 Å². The number of pyridine rings is 1. The molecule has 4 rings (SSSR count). The first-order valence-electron chi connectivity index (χ1n) is 10.8. The van der Waals surface area contributed by atoms with E-state index < -0.39 is 0 Å². The van der Waals surface area contributed by atoms with Crippen LogP contribution in [-0.2, 0) is 4.79 Å². The molecule has 6 heteroatoms. The molecule has 6 nitrogen and oxygen atoms in total. The van der Waals surface area contributed by atoms with Gasteiger partial charge < -0.3 is 4.90 Å². The second-order valence-electron chi connectivity index (χ2n) is 8.31. The first-order chi connectivity index (χ1) is 15.1. The molecular weight excluding hydrogens is 386 g/mol. The van der Waals surface area contributed by atoms with E-state index in [1.54, 1.807) is 18.5 Å². The molecule has 2 aromatic heterocycles. The van der Waals surface area contributed by atoms with E-state index in [9.17, 15) is 4.79 Å². The minimum absolute atomic E-state index is 0.0498. The lowest BCUT2D eigenvalue weighted by Gasteiger charge is -2.35. The molecule has 0 aliphatic carbocycles. The van der Waals surface area contributed by atoms with Crippen molar-refractivity contribution in [2.75, 3.05) is 32.7 Å². The molecule has 0 N–H and O–H groups in total. The van der Waals surface area contributed by atoms with Crippen molar-refractivity contribution in [3.63, 3.8) is 0 Å². The molecule has 0 saturated carbocycles. The summed E-state index contributed by atoms with van der Waals surface area (Å²) < 4.78 is 1.84. The van der Waals surface area contributed by atoms with Crippen LogP contribution in [0.15, 0.2) is 67.1 Å².